The highest BCUT2D eigenvalue weighted by Crippen LogP contribution is 2.65. The molecule has 16 heteroatoms. The summed E-state index contributed by atoms with van der Waals surface area (Å²) in [5, 5.41) is 39.2. The number of carbonyl (C=O) groups is 6. The molecule has 16 nitrogen and oxygen atoms in total. The smallest absolute Gasteiger partial charge is 0.407 e. The molecular formula is C40H53NO15. The van der Waals surface area contributed by atoms with E-state index in [9.17, 15) is 39.3 Å². The van der Waals surface area contributed by atoms with Crippen LogP contribution < -0.4 is 5.32 Å². The number of hydrogen-bond donors (Lipinski definition) is 4. The Kier molecular flexibility index (Phi) is 11.8. The summed E-state index contributed by atoms with van der Waals surface area (Å²) in [5.74, 6) is -8.32. The number of ketones is 1. The Morgan fingerprint density at radius 1 is 1.02 bits per heavy atom. The van der Waals surface area contributed by atoms with Gasteiger partial charge >= 0.3 is 30.0 Å². The number of carbonyl (C=O) groups excluding carboxylic acids is 6. The standard InChI is InChI=1S/C40H53NO15/c1-10-51-36(49)41-28(19(2)3)29(45)35(48)54-24-17-40(50)33(55-34(47)23-14-12-11-13-15-23)31-38(9,25(44)16-26-39(31,18-52-26)56-22(6)43)32(46)30(53-21(5)42)27(20(24)4)37(40,7)8/h11-15,19-20,24-26,28-29,31,33,44-45,50H,10,16-18H2,1-9H3,(H,41,49)/t20?,24?,25-,26+,28-,29+,31-,33-,38+,39-,40+/m0/s1. The Balaban J connectivity index is 1.76. The van der Waals surface area contributed by atoms with Gasteiger partial charge in [0, 0.05) is 38.0 Å². The van der Waals surface area contributed by atoms with E-state index in [1.54, 1.807) is 59.7 Å². The zero-order valence-corrected chi connectivity index (χ0v) is 33.2. The second kappa shape index (κ2) is 15.5. The number of Topliss-reactive ketones (excluding diaryl/α,β-unsaturated/α-hetero) is 1. The van der Waals surface area contributed by atoms with Crippen LogP contribution in [0.4, 0.5) is 4.79 Å². The van der Waals surface area contributed by atoms with Crippen LogP contribution in [-0.4, -0.2) is 112 Å². The second-order valence-corrected chi connectivity index (χ2v) is 16.3. The van der Waals surface area contributed by atoms with Crippen molar-refractivity contribution in [2.24, 2.45) is 28.6 Å². The van der Waals surface area contributed by atoms with Gasteiger partial charge < -0.3 is 49.1 Å². The number of fused-ring (bicyclic) bond motifs is 5. The van der Waals surface area contributed by atoms with Gasteiger partial charge in [-0.2, -0.15) is 0 Å². The van der Waals surface area contributed by atoms with Crippen LogP contribution in [0, 0.1) is 28.6 Å². The molecule has 1 aromatic carbocycles. The van der Waals surface area contributed by atoms with Crippen molar-refractivity contribution < 1.29 is 72.5 Å². The van der Waals surface area contributed by atoms with E-state index in [1.807, 2.05) is 0 Å². The van der Waals surface area contributed by atoms with Crippen LogP contribution in [0.25, 0.3) is 0 Å². The van der Waals surface area contributed by atoms with Crippen LogP contribution in [0.15, 0.2) is 41.7 Å². The molecule has 11 atom stereocenters. The average molecular weight is 788 g/mol. The maximum absolute atomic E-state index is 15.3. The first-order chi connectivity index (χ1) is 26.1. The lowest BCUT2D eigenvalue weighted by atomic mass is 9.45. The third-order valence-electron chi connectivity index (χ3n) is 12.3. The van der Waals surface area contributed by atoms with E-state index < -0.39 is 124 Å². The highest BCUT2D eigenvalue weighted by Gasteiger charge is 2.78. The molecule has 2 unspecified atom stereocenters. The molecule has 2 saturated carbocycles. The summed E-state index contributed by atoms with van der Waals surface area (Å²) >= 11 is 0. The van der Waals surface area contributed by atoms with Gasteiger partial charge in [0.25, 0.3) is 0 Å². The molecule has 3 fully saturated rings. The van der Waals surface area contributed by atoms with Gasteiger partial charge in [0.1, 0.15) is 23.9 Å². The highest BCUT2D eigenvalue weighted by atomic mass is 16.6. The first-order valence-electron chi connectivity index (χ1n) is 18.9. The summed E-state index contributed by atoms with van der Waals surface area (Å²) < 4.78 is 34.8. The third-order valence-corrected chi connectivity index (χ3v) is 12.3. The Morgan fingerprint density at radius 2 is 1.66 bits per heavy atom. The van der Waals surface area contributed by atoms with Crippen molar-refractivity contribution >= 4 is 35.8 Å². The molecule has 0 aromatic heterocycles. The molecule has 308 valence electrons. The normalized spacial score (nSPS) is 34.2. The molecule has 1 amide bonds. The maximum atomic E-state index is 15.3. The molecule has 5 rings (SSSR count). The van der Waals surface area contributed by atoms with Gasteiger partial charge in [-0.25, -0.2) is 14.4 Å². The lowest BCUT2D eigenvalue weighted by Gasteiger charge is -2.67. The number of aliphatic hydroxyl groups excluding tert-OH is 2. The van der Waals surface area contributed by atoms with E-state index in [0.717, 1.165) is 13.8 Å². The Labute approximate surface area is 325 Å². The van der Waals surface area contributed by atoms with Gasteiger partial charge in [0.2, 0.25) is 5.78 Å². The monoisotopic (exact) mass is 787 g/mol. The van der Waals surface area contributed by atoms with Crippen LogP contribution in [0.2, 0.25) is 0 Å². The number of alkyl carbamates (subject to hydrolysis) is 1. The fourth-order valence-corrected chi connectivity index (χ4v) is 9.30. The molecule has 56 heavy (non-hydrogen) atoms. The van der Waals surface area contributed by atoms with Crippen molar-refractivity contribution in [3.8, 4) is 0 Å². The summed E-state index contributed by atoms with van der Waals surface area (Å²) in [5.41, 5.74) is -7.74. The van der Waals surface area contributed by atoms with Crippen LogP contribution in [0.1, 0.15) is 85.5 Å². The zero-order chi connectivity index (χ0) is 41.7. The summed E-state index contributed by atoms with van der Waals surface area (Å²) in [7, 11) is 0. The van der Waals surface area contributed by atoms with Crippen LogP contribution in [-0.2, 0) is 47.6 Å². The molecule has 1 aromatic rings. The van der Waals surface area contributed by atoms with E-state index in [1.165, 1.54) is 19.1 Å². The quantitative estimate of drug-likeness (QED) is 0.197. The lowest BCUT2D eigenvalue weighted by molar-refractivity contribution is -0.345. The number of hydrogen-bond acceptors (Lipinski definition) is 15. The van der Waals surface area contributed by atoms with E-state index in [-0.39, 0.29) is 30.8 Å². The van der Waals surface area contributed by atoms with E-state index >= 15 is 4.79 Å². The van der Waals surface area contributed by atoms with Crippen molar-refractivity contribution in [1.29, 1.82) is 0 Å². The summed E-state index contributed by atoms with van der Waals surface area (Å²) in [6.45, 7) is 12.9. The van der Waals surface area contributed by atoms with Crippen LogP contribution >= 0.6 is 0 Å². The molecule has 0 radical (unpaired) electrons. The number of esters is 4. The maximum Gasteiger partial charge on any atom is 0.407 e. The van der Waals surface area contributed by atoms with Crippen molar-refractivity contribution in [3.63, 3.8) is 0 Å². The summed E-state index contributed by atoms with van der Waals surface area (Å²) in [6.07, 6.45) is -9.30. The molecule has 1 aliphatic heterocycles. The minimum Gasteiger partial charge on any atom is -0.460 e. The first-order valence-corrected chi connectivity index (χ1v) is 18.9. The average Bonchev–Trinajstić information content (AvgIpc) is 3.11. The van der Waals surface area contributed by atoms with Crippen LogP contribution in [0.5, 0.6) is 0 Å². The summed E-state index contributed by atoms with van der Waals surface area (Å²) in [6, 6.07) is 6.65. The minimum atomic E-state index is -2.36. The van der Waals surface area contributed by atoms with Crippen molar-refractivity contribution in [2.75, 3.05) is 13.2 Å². The van der Waals surface area contributed by atoms with Gasteiger partial charge in [-0.15, -0.1) is 0 Å². The minimum absolute atomic E-state index is 0.00459. The van der Waals surface area contributed by atoms with Gasteiger partial charge in [0.15, 0.2) is 17.5 Å². The lowest BCUT2D eigenvalue weighted by Crippen LogP contribution is -2.81. The fourth-order valence-electron chi connectivity index (χ4n) is 9.30. The second-order valence-electron chi connectivity index (χ2n) is 16.3. The number of benzene rings is 1. The highest BCUT2D eigenvalue weighted by molar-refractivity contribution is 6.02. The van der Waals surface area contributed by atoms with Gasteiger partial charge in [-0.1, -0.05) is 52.8 Å². The summed E-state index contributed by atoms with van der Waals surface area (Å²) in [4.78, 5) is 81.3. The predicted molar refractivity (Wildman–Crippen MR) is 193 cm³/mol. The Bertz CT molecular complexity index is 1770. The predicted octanol–water partition coefficient (Wildman–Crippen LogP) is 2.54. The first kappa shape index (κ1) is 42.8. The molecule has 1 heterocycles. The number of ether oxygens (including phenoxy) is 6. The number of nitrogens with one attached hydrogen (secondary N) is 1. The van der Waals surface area contributed by atoms with E-state index in [4.69, 9.17) is 28.4 Å². The van der Waals surface area contributed by atoms with Crippen LogP contribution in [0.3, 0.4) is 0 Å². The van der Waals surface area contributed by atoms with E-state index in [0.29, 0.717) is 0 Å². The van der Waals surface area contributed by atoms with Crippen molar-refractivity contribution in [1.82, 2.24) is 5.32 Å². The Morgan fingerprint density at radius 3 is 2.20 bits per heavy atom. The van der Waals surface area contributed by atoms with E-state index in [2.05, 4.69) is 5.32 Å². The van der Waals surface area contributed by atoms with Gasteiger partial charge in [-0.3, -0.25) is 14.4 Å². The van der Waals surface area contributed by atoms with Gasteiger partial charge in [0.05, 0.1) is 42.3 Å². The zero-order valence-electron chi connectivity index (χ0n) is 33.2. The molecular weight excluding hydrogens is 734 g/mol. The molecule has 1 saturated heterocycles. The number of rotatable bonds is 10. The fraction of sp³-hybridized carbons (Fsp3) is 0.650. The number of allylic oxidation sites excluding steroid dienone is 1. The largest absolute Gasteiger partial charge is 0.460 e. The van der Waals surface area contributed by atoms with Crippen molar-refractivity contribution in [3.05, 3.63) is 47.2 Å². The Hall–Kier alpha value is -4.38. The third kappa shape index (κ3) is 6.98. The van der Waals surface area contributed by atoms with Crippen molar-refractivity contribution in [2.45, 2.75) is 123 Å². The molecule has 3 aliphatic carbocycles. The molecule has 2 bridgehead atoms. The molecule has 4 N–H and O–H groups in total. The number of aliphatic hydroxyl groups is 3. The molecule has 0 spiro atoms. The number of amides is 1. The SMILES string of the molecule is CCOC(=O)N[C@@H](C(C)C)[C@@H](O)C(=O)OC1C[C@@]2(O)[C@@H](OC(=O)c3ccccc3)[C@@H]3[C@]4(OC(C)=O)CO[C@@H]4C[C@H](O)[C@@]3(C)C(=O)C(OC(C)=O)=C(C1C)C2(C)C. The molecule has 4 aliphatic rings. The van der Waals surface area contributed by atoms with Gasteiger partial charge in [-0.05, 0) is 37.5 Å². The topological polar surface area (TPSA) is 231 Å².